The Balaban J connectivity index is 2.08. The first-order valence-electron chi connectivity index (χ1n) is 6.49. The minimum Gasteiger partial charge on any atom is -0.369 e. The third-order valence-electron chi connectivity index (χ3n) is 2.73. The van der Waals surface area contributed by atoms with Crippen molar-refractivity contribution in [1.82, 2.24) is 9.97 Å². The molecule has 0 bridgehead atoms. The second-order valence-electron chi connectivity index (χ2n) is 4.45. The molecule has 5 nitrogen and oxygen atoms in total. The lowest BCUT2D eigenvalue weighted by molar-refractivity contribution is 0.868. The van der Waals surface area contributed by atoms with E-state index in [-0.39, 0.29) is 0 Å². The lowest BCUT2D eigenvalue weighted by Crippen LogP contribution is -2.10. The van der Waals surface area contributed by atoms with Crippen LogP contribution in [0.1, 0.15) is 12.0 Å². The first kappa shape index (κ1) is 14.7. The summed E-state index contributed by atoms with van der Waals surface area (Å²) in [5, 5.41) is 6.41. The van der Waals surface area contributed by atoms with Gasteiger partial charge in [-0.15, -0.1) is 0 Å². The Morgan fingerprint density at radius 2 is 2.00 bits per heavy atom. The van der Waals surface area contributed by atoms with E-state index in [0.29, 0.717) is 12.5 Å². The molecular weight excluding hydrogens is 318 g/mol. The minimum absolute atomic E-state index is 0.562. The summed E-state index contributed by atoms with van der Waals surface area (Å²) < 4.78 is 0.837. The van der Waals surface area contributed by atoms with Crippen molar-refractivity contribution in [1.29, 1.82) is 0 Å². The highest BCUT2D eigenvalue weighted by Gasteiger charge is 2.04. The molecule has 0 saturated carbocycles. The molecule has 20 heavy (non-hydrogen) atoms. The van der Waals surface area contributed by atoms with E-state index in [4.69, 9.17) is 5.73 Å². The van der Waals surface area contributed by atoms with E-state index in [1.165, 1.54) is 5.56 Å². The molecule has 1 heterocycles. The van der Waals surface area contributed by atoms with Crippen molar-refractivity contribution in [2.45, 2.75) is 13.3 Å². The van der Waals surface area contributed by atoms with Gasteiger partial charge in [0.15, 0.2) is 0 Å². The first-order valence-corrected chi connectivity index (χ1v) is 7.28. The van der Waals surface area contributed by atoms with Crippen LogP contribution in [0.25, 0.3) is 0 Å². The Hall–Kier alpha value is -1.66. The monoisotopic (exact) mass is 335 g/mol. The average molecular weight is 336 g/mol. The maximum atomic E-state index is 5.48. The van der Waals surface area contributed by atoms with Crippen LogP contribution in [-0.2, 0) is 0 Å². The minimum atomic E-state index is 0.562. The molecular formula is C14H18BrN5. The number of nitrogens with one attached hydrogen (secondary N) is 2. The van der Waals surface area contributed by atoms with Crippen LogP contribution in [-0.4, -0.2) is 23.1 Å². The summed E-state index contributed by atoms with van der Waals surface area (Å²) >= 11 is 3.43. The summed E-state index contributed by atoms with van der Waals surface area (Å²) in [6.45, 7) is 3.50. The molecule has 4 N–H and O–H groups in total. The molecule has 0 fully saturated rings. The number of nitrogens with two attached hydrogens (primary N) is 1. The number of rotatable bonds is 6. The first-order chi connectivity index (χ1) is 9.69. The molecule has 0 aliphatic heterocycles. The van der Waals surface area contributed by atoms with Gasteiger partial charge in [-0.1, -0.05) is 17.7 Å². The second-order valence-corrected chi connectivity index (χ2v) is 5.30. The molecule has 0 saturated heterocycles. The van der Waals surface area contributed by atoms with Crippen LogP contribution in [0.4, 0.5) is 17.5 Å². The second kappa shape index (κ2) is 7.21. The van der Waals surface area contributed by atoms with E-state index in [1.807, 2.05) is 24.3 Å². The van der Waals surface area contributed by atoms with Crippen LogP contribution in [0, 0.1) is 6.92 Å². The van der Waals surface area contributed by atoms with Gasteiger partial charge in [-0.05, 0) is 48.0 Å². The van der Waals surface area contributed by atoms with Crippen molar-refractivity contribution in [2.75, 3.05) is 23.7 Å². The molecule has 6 heteroatoms. The van der Waals surface area contributed by atoms with E-state index >= 15 is 0 Å². The number of aromatic nitrogens is 2. The summed E-state index contributed by atoms with van der Waals surface area (Å²) in [6, 6.07) is 8.09. The van der Waals surface area contributed by atoms with Gasteiger partial charge >= 0.3 is 0 Å². The Kier molecular flexibility index (Phi) is 5.31. The number of halogens is 1. The van der Waals surface area contributed by atoms with Crippen LogP contribution in [0.2, 0.25) is 0 Å². The van der Waals surface area contributed by atoms with Crippen LogP contribution in [0.15, 0.2) is 34.9 Å². The van der Waals surface area contributed by atoms with E-state index in [1.54, 1.807) is 6.20 Å². The van der Waals surface area contributed by atoms with Gasteiger partial charge in [0.1, 0.15) is 5.82 Å². The van der Waals surface area contributed by atoms with Gasteiger partial charge in [0.25, 0.3) is 0 Å². The standard InChI is InChI=1S/C14H18BrN5/c1-10-3-5-11(6-4-10)19-14-18-9-12(15)13(20-14)17-8-2-7-16/h3-6,9H,2,7-8,16H2,1H3,(H2,17,18,19,20). The fourth-order valence-electron chi connectivity index (χ4n) is 1.63. The Bertz CT molecular complexity index is 556. The normalized spacial score (nSPS) is 10.3. The Morgan fingerprint density at radius 1 is 1.25 bits per heavy atom. The number of anilines is 3. The largest absolute Gasteiger partial charge is 0.369 e. The Labute approximate surface area is 127 Å². The predicted molar refractivity (Wildman–Crippen MR) is 86.4 cm³/mol. The molecule has 106 valence electrons. The zero-order chi connectivity index (χ0) is 14.4. The van der Waals surface area contributed by atoms with Crippen LogP contribution in [0.3, 0.4) is 0 Å². The molecule has 0 spiro atoms. The van der Waals surface area contributed by atoms with Crippen LogP contribution < -0.4 is 16.4 Å². The van der Waals surface area contributed by atoms with E-state index in [0.717, 1.165) is 28.9 Å². The fourth-order valence-corrected chi connectivity index (χ4v) is 1.96. The topological polar surface area (TPSA) is 75.9 Å². The molecule has 0 aliphatic carbocycles. The molecule has 1 aromatic heterocycles. The van der Waals surface area contributed by atoms with Crippen molar-refractivity contribution in [3.8, 4) is 0 Å². The lowest BCUT2D eigenvalue weighted by Gasteiger charge is -2.10. The summed E-state index contributed by atoms with van der Waals surface area (Å²) in [7, 11) is 0. The third kappa shape index (κ3) is 4.18. The number of hydrogen-bond acceptors (Lipinski definition) is 5. The van der Waals surface area contributed by atoms with Gasteiger partial charge in [-0.25, -0.2) is 4.98 Å². The summed E-state index contributed by atoms with van der Waals surface area (Å²) in [4.78, 5) is 8.69. The molecule has 0 aliphatic rings. The van der Waals surface area contributed by atoms with Crippen molar-refractivity contribution in [3.63, 3.8) is 0 Å². The molecule has 0 radical (unpaired) electrons. The van der Waals surface area contributed by atoms with E-state index in [9.17, 15) is 0 Å². The maximum Gasteiger partial charge on any atom is 0.229 e. The number of aryl methyl sites for hydroxylation is 1. The third-order valence-corrected chi connectivity index (χ3v) is 3.31. The summed E-state index contributed by atoms with van der Waals surface area (Å²) in [5.74, 6) is 1.33. The molecule has 2 aromatic rings. The van der Waals surface area contributed by atoms with Crippen molar-refractivity contribution in [3.05, 3.63) is 40.5 Å². The molecule has 0 atom stereocenters. The quantitative estimate of drug-likeness (QED) is 0.707. The highest BCUT2D eigenvalue weighted by molar-refractivity contribution is 9.10. The zero-order valence-corrected chi connectivity index (χ0v) is 12.9. The van der Waals surface area contributed by atoms with Crippen molar-refractivity contribution >= 4 is 33.4 Å². The highest BCUT2D eigenvalue weighted by Crippen LogP contribution is 2.22. The van der Waals surface area contributed by atoms with Gasteiger partial charge in [-0.2, -0.15) is 4.98 Å². The fraction of sp³-hybridized carbons (Fsp3) is 0.286. The van der Waals surface area contributed by atoms with Gasteiger partial charge < -0.3 is 16.4 Å². The molecule has 0 unspecified atom stereocenters. The molecule has 2 rings (SSSR count). The average Bonchev–Trinajstić information content (AvgIpc) is 2.45. The SMILES string of the molecule is Cc1ccc(Nc2ncc(Br)c(NCCCN)n2)cc1. The lowest BCUT2D eigenvalue weighted by atomic mass is 10.2. The highest BCUT2D eigenvalue weighted by atomic mass is 79.9. The molecule has 1 aromatic carbocycles. The van der Waals surface area contributed by atoms with Crippen molar-refractivity contribution < 1.29 is 0 Å². The van der Waals surface area contributed by atoms with Gasteiger partial charge in [0.05, 0.1) is 4.47 Å². The van der Waals surface area contributed by atoms with Gasteiger partial charge in [0.2, 0.25) is 5.95 Å². The number of hydrogen-bond donors (Lipinski definition) is 3. The van der Waals surface area contributed by atoms with Crippen LogP contribution in [0.5, 0.6) is 0 Å². The van der Waals surface area contributed by atoms with Crippen molar-refractivity contribution in [2.24, 2.45) is 5.73 Å². The smallest absolute Gasteiger partial charge is 0.229 e. The van der Waals surface area contributed by atoms with E-state index < -0.39 is 0 Å². The Morgan fingerprint density at radius 3 is 2.70 bits per heavy atom. The summed E-state index contributed by atoms with van der Waals surface area (Å²) in [6.07, 6.45) is 2.63. The molecule has 0 amide bonds. The number of nitrogens with zero attached hydrogens (tertiary/aromatic N) is 2. The zero-order valence-electron chi connectivity index (χ0n) is 11.4. The van der Waals surface area contributed by atoms with Gasteiger partial charge in [-0.3, -0.25) is 0 Å². The van der Waals surface area contributed by atoms with Gasteiger partial charge in [0, 0.05) is 18.4 Å². The predicted octanol–water partition coefficient (Wildman–Crippen LogP) is 3.05. The van der Waals surface area contributed by atoms with E-state index in [2.05, 4.69) is 43.5 Å². The summed E-state index contributed by atoms with van der Waals surface area (Å²) in [5.41, 5.74) is 7.66. The van der Waals surface area contributed by atoms with Crippen LogP contribution >= 0.6 is 15.9 Å². The maximum absolute atomic E-state index is 5.48. The number of benzene rings is 1.